The number of anilines is 1. The van der Waals surface area contributed by atoms with Gasteiger partial charge in [-0.05, 0) is 44.6 Å². The van der Waals surface area contributed by atoms with Crippen molar-refractivity contribution in [2.24, 2.45) is 0 Å². The van der Waals surface area contributed by atoms with E-state index in [-0.39, 0.29) is 5.41 Å². The van der Waals surface area contributed by atoms with Crippen LogP contribution < -0.4 is 5.32 Å². The average molecular weight is 452 g/mol. The Morgan fingerprint density at radius 3 is 2.47 bits per heavy atom. The zero-order valence-corrected chi connectivity index (χ0v) is 15.8. The van der Waals surface area contributed by atoms with Crippen molar-refractivity contribution in [1.29, 1.82) is 0 Å². The topological polar surface area (TPSA) is 37.8 Å². The summed E-state index contributed by atoms with van der Waals surface area (Å²) in [6.07, 6.45) is 0. The Hall–Kier alpha value is -0.210. The van der Waals surface area contributed by atoms with Crippen LogP contribution in [0.15, 0.2) is 15.9 Å². The molecule has 0 atom stereocenters. The van der Waals surface area contributed by atoms with E-state index >= 15 is 0 Å². The Labute approximate surface area is 139 Å². The van der Waals surface area contributed by atoms with Gasteiger partial charge in [-0.15, -0.1) is 11.3 Å². The number of halogens is 2. The molecule has 2 heterocycles. The van der Waals surface area contributed by atoms with Crippen LogP contribution in [0.2, 0.25) is 0 Å². The molecule has 0 saturated carbocycles. The van der Waals surface area contributed by atoms with Crippen molar-refractivity contribution in [3.05, 3.63) is 25.2 Å². The Bertz CT molecular complexity index is 604. The third-order valence-corrected chi connectivity index (χ3v) is 5.30. The third kappa shape index (κ3) is 3.28. The molecule has 2 aromatic rings. The Kier molecular flexibility index (Phi) is 4.52. The zero-order chi connectivity index (χ0) is 14.2. The maximum atomic E-state index is 4.77. The molecule has 102 valence electrons. The lowest BCUT2D eigenvalue weighted by Crippen LogP contribution is -2.18. The van der Waals surface area contributed by atoms with Gasteiger partial charge < -0.3 is 5.32 Å². The number of nitrogens with zero attached hydrogens (tertiary/aromatic N) is 2. The van der Waals surface area contributed by atoms with E-state index in [4.69, 9.17) is 4.98 Å². The molecular weight excluding hydrogens is 437 g/mol. The molecule has 6 heteroatoms. The molecule has 0 radical (unpaired) electrons. The van der Waals surface area contributed by atoms with Crippen LogP contribution in [0.3, 0.4) is 0 Å². The first-order valence-corrected chi connectivity index (χ1v) is 8.58. The number of hydrogen-bond donors (Lipinski definition) is 1. The molecular formula is C13H15BrIN3S. The molecule has 0 aliphatic rings. The molecule has 0 unspecified atom stereocenters. The fourth-order valence-electron chi connectivity index (χ4n) is 1.65. The van der Waals surface area contributed by atoms with Crippen molar-refractivity contribution < 1.29 is 0 Å². The minimum atomic E-state index is -0.00565. The van der Waals surface area contributed by atoms with E-state index in [0.717, 1.165) is 30.3 Å². The second-order valence-corrected chi connectivity index (χ2v) is 8.09. The van der Waals surface area contributed by atoms with Crippen LogP contribution in [0.25, 0.3) is 10.7 Å². The predicted molar refractivity (Wildman–Crippen MR) is 94.0 cm³/mol. The standard InChI is InChI=1S/C13H15BrIN3S/c1-13(2,3)10-9(15)12(16-4)18-11(17-10)8-5-7(14)6-19-8/h5-6H,1-4H3,(H,16,17,18). The van der Waals surface area contributed by atoms with Gasteiger partial charge in [0.15, 0.2) is 5.82 Å². The van der Waals surface area contributed by atoms with Gasteiger partial charge in [0.05, 0.1) is 14.1 Å². The van der Waals surface area contributed by atoms with Crippen molar-refractivity contribution in [2.75, 3.05) is 12.4 Å². The fraction of sp³-hybridized carbons (Fsp3) is 0.385. The number of aromatic nitrogens is 2. The van der Waals surface area contributed by atoms with E-state index in [0.29, 0.717) is 0 Å². The SMILES string of the molecule is CNc1nc(-c2cc(Br)cs2)nc(C(C)(C)C)c1I. The Morgan fingerprint density at radius 2 is 2.00 bits per heavy atom. The Balaban J connectivity index is 2.64. The van der Waals surface area contributed by atoms with Gasteiger partial charge >= 0.3 is 0 Å². The van der Waals surface area contributed by atoms with Gasteiger partial charge in [0.1, 0.15) is 5.82 Å². The molecule has 0 fully saturated rings. The van der Waals surface area contributed by atoms with E-state index in [1.807, 2.05) is 12.4 Å². The summed E-state index contributed by atoms with van der Waals surface area (Å²) in [6.45, 7) is 6.52. The van der Waals surface area contributed by atoms with Crippen LogP contribution in [0.4, 0.5) is 5.82 Å². The smallest absolute Gasteiger partial charge is 0.171 e. The molecule has 0 spiro atoms. The van der Waals surface area contributed by atoms with Crippen LogP contribution in [-0.2, 0) is 5.41 Å². The van der Waals surface area contributed by atoms with Gasteiger partial charge in [0, 0.05) is 22.3 Å². The predicted octanol–water partition coefficient (Wildman–Crippen LogP) is 4.91. The number of hydrogen-bond acceptors (Lipinski definition) is 4. The highest BCUT2D eigenvalue weighted by Crippen LogP contribution is 2.34. The third-order valence-electron chi connectivity index (χ3n) is 2.59. The minimum Gasteiger partial charge on any atom is -0.372 e. The lowest BCUT2D eigenvalue weighted by Gasteiger charge is -2.21. The summed E-state index contributed by atoms with van der Waals surface area (Å²) in [5, 5.41) is 5.21. The molecule has 3 nitrogen and oxygen atoms in total. The normalized spacial score (nSPS) is 11.7. The largest absolute Gasteiger partial charge is 0.372 e. The highest BCUT2D eigenvalue weighted by Gasteiger charge is 2.23. The maximum Gasteiger partial charge on any atom is 0.171 e. The fourth-order valence-corrected chi connectivity index (χ4v) is 4.33. The zero-order valence-electron chi connectivity index (χ0n) is 11.2. The van der Waals surface area contributed by atoms with Crippen LogP contribution in [0.5, 0.6) is 0 Å². The van der Waals surface area contributed by atoms with Crippen LogP contribution in [0, 0.1) is 3.57 Å². The molecule has 0 amide bonds. The van der Waals surface area contributed by atoms with Crippen molar-refractivity contribution in [3.8, 4) is 10.7 Å². The second kappa shape index (κ2) is 5.65. The molecule has 0 aliphatic heterocycles. The minimum absolute atomic E-state index is 0.00565. The molecule has 0 aromatic carbocycles. The van der Waals surface area contributed by atoms with E-state index in [1.54, 1.807) is 11.3 Å². The highest BCUT2D eigenvalue weighted by atomic mass is 127. The number of nitrogens with one attached hydrogen (secondary N) is 1. The molecule has 0 bridgehead atoms. The first kappa shape index (κ1) is 15.2. The number of thiophene rings is 1. The molecule has 19 heavy (non-hydrogen) atoms. The van der Waals surface area contributed by atoms with Gasteiger partial charge in [-0.2, -0.15) is 0 Å². The summed E-state index contributed by atoms with van der Waals surface area (Å²) < 4.78 is 2.16. The number of rotatable bonds is 2. The van der Waals surface area contributed by atoms with E-state index in [2.05, 4.69) is 75.7 Å². The van der Waals surface area contributed by atoms with Crippen molar-refractivity contribution in [2.45, 2.75) is 26.2 Å². The van der Waals surface area contributed by atoms with Gasteiger partial charge in [-0.1, -0.05) is 20.8 Å². The lowest BCUT2D eigenvalue weighted by molar-refractivity contribution is 0.564. The van der Waals surface area contributed by atoms with Gasteiger partial charge in [0.25, 0.3) is 0 Å². The molecule has 0 aliphatic carbocycles. The molecule has 1 N–H and O–H groups in total. The quantitative estimate of drug-likeness (QED) is 0.659. The van der Waals surface area contributed by atoms with Crippen LogP contribution >= 0.6 is 49.9 Å². The first-order valence-electron chi connectivity index (χ1n) is 5.83. The van der Waals surface area contributed by atoms with E-state index in [9.17, 15) is 0 Å². The van der Waals surface area contributed by atoms with Crippen molar-refractivity contribution in [1.82, 2.24) is 9.97 Å². The summed E-state index contributed by atoms with van der Waals surface area (Å²) in [7, 11) is 1.89. The van der Waals surface area contributed by atoms with Gasteiger partial charge in [-0.3, -0.25) is 0 Å². The maximum absolute atomic E-state index is 4.77. The summed E-state index contributed by atoms with van der Waals surface area (Å²) in [5.74, 6) is 1.67. The highest BCUT2D eigenvalue weighted by molar-refractivity contribution is 14.1. The van der Waals surface area contributed by atoms with E-state index in [1.165, 1.54) is 0 Å². The summed E-state index contributed by atoms with van der Waals surface area (Å²) in [4.78, 5) is 10.4. The van der Waals surface area contributed by atoms with Gasteiger partial charge in [-0.25, -0.2) is 9.97 Å². The average Bonchev–Trinajstić information content (AvgIpc) is 2.74. The van der Waals surface area contributed by atoms with E-state index < -0.39 is 0 Å². The van der Waals surface area contributed by atoms with Crippen molar-refractivity contribution >= 4 is 55.7 Å². The lowest BCUT2D eigenvalue weighted by atomic mass is 9.92. The molecule has 2 aromatic heterocycles. The Morgan fingerprint density at radius 1 is 1.32 bits per heavy atom. The van der Waals surface area contributed by atoms with Crippen LogP contribution in [0.1, 0.15) is 26.5 Å². The molecule has 2 rings (SSSR count). The monoisotopic (exact) mass is 451 g/mol. The van der Waals surface area contributed by atoms with Gasteiger partial charge in [0.2, 0.25) is 0 Å². The summed E-state index contributed by atoms with van der Waals surface area (Å²) >= 11 is 7.43. The summed E-state index contributed by atoms with van der Waals surface area (Å²) in [5.41, 5.74) is 1.07. The second-order valence-electron chi connectivity index (χ2n) is 5.19. The molecule has 0 saturated heterocycles. The van der Waals surface area contributed by atoms with Crippen LogP contribution in [-0.4, -0.2) is 17.0 Å². The van der Waals surface area contributed by atoms with Crippen molar-refractivity contribution in [3.63, 3.8) is 0 Å². The summed E-state index contributed by atoms with van der Waals surface area (Å²) in [6, 6.07) is 2.05. The first-order chi connectivity index (χ1) is 8.82.